The first-order valence-corrected chi connectivity index (χ1v) is 8.82. The number of nitrogens with one attached hydrogen (secondary N) is 2. The van der Waals surface area contributed by atoms with Crippen molar-refractivity contribution in [2.75, 3.05) is 10.6 Å². The minimum absolute atomic E-state index is 0.0257. The minimum atomic E-state index is -0.484. The smallest absolute Gasteiger partial charge is 0.308 e. The maximum Gasteiger partial charge on any atom is 0.325 e. The molecule has 0 aliphatic heterocycles. The van der Waals surface area contributed by atoms with E-state index < -0.39 is 11.0 Å². The Hall–Kier alpha value is -3.26. The predicted molar refractivity (Wildman–Crippen MR) is 101 cm³/mol. The Bertz CT molecular complexity index is 998. The molecule has 2 N–H and O–H groups in total. The molecule has 2 aromatic carbocycles. The van der Waals surface area contributed by atoms with Gasteiger partial charge in [-0.05, 0) is 30.5 Å². The van der Waals surface area contributed by atoms with Crippen molar-refractivity contribution >= 4 is 33.9 Å². The van der Waals surface area contributed by atoms with Crippen LogP contribution in [0.1, 0.15) is 10.4 Å². The average molecular weight is 366 g/mol. The largest absolute Gasteiger partial charge is 0.325 e. The summed E-state index contributed by atoms with van der Waals surface area (Å²) in [7, 11) is 0. The molecule has 8 heteroatoms. The predicted octanol–water partition coefficient (Wildman–Crippen LogP) is 4.46. The van der Waals surface area contributed by atoms with E-state index in [1.165, 1.54) is 41.2 Å². The number of non-ortho nitro benzene ring substituents is 1. The van der Waals surface area contributed by atoms with Gasteiger partial charge < -0.3 is 5.32 Å². The molecule has 4 rings (SSSR count). The van der Waals surface area contributed by atoms with Gasteiger partial charge in [0.15, 0.2) is 5.13 Å². The minimum Gasteiger partial charge on any atom is -0.308 e. The number of rotatable bonds is 3. The number of hydrogen-bond acceptors (Lipinski definition) is 5. The Morgan fingerprint density at radius 2 is 1.85 bits per heavy atom. The van der Waals surface area contributed by atoms with Crippen LogP contribution in [0.15, 0.2) is 48.5 Å². The van der Waals surface area contributed by atoms with Crippen LogP contribution in [-0.4, -0.2) is 15.9 Å². The first kappa shape index (κ1) is 16.2. The number of carbonyl (C=O) groups excluding carboxylic acids is 1. The number of thiazole rings is 1. The summed E-state index contributed by atoms with van der Waals surface area (Å²) in [5.74, 6) is 0. The normalized spacial score (nSPS) is 12.0. The monoisotopic (exact) mass is 366 g/mol. The molecule has 0 unspecified atom stereocenters. The molecule has 0 spiro atoms. The fourth-order valence-electron chi connectivity index (χ4n) is 2.93. The molecule has 0 saturated carbocycles. The van der Waals surface area contributed by atoms with Gasteiger partial charge >= 0.3 is 6.03 Å². The van der Waals surface area contributed by atoms with Gasteiger partial charge in [0.1, 0.15) is 0 Å². The lowest BCUT2D eigenvalue weighted by molar-refractivity contribution is -0.384. The highest BCUT2D eigenvalue weighted by atomic mass is 32.1. The number of aryl methyl sites for hydroxylation is 2. The van der Waals surface area contributed by atoms with Crippen LogP contribution >= 0.6 is 11.3 Å². The lowest BCUT2D eigenvalue weighted by Gasteiger charge is -2.13. The van der Waals surface area contributed by atoms with E-state index in [1.807, 2.05) is 18.2 Å². The molecular formula is C18H14N4O3S. The van der Waals surface area contributed by atoms with E-state index in [4.69, 9.17) is 0 Å². The number of nitrogens with zero attached hydrogens (tertiary/aromatic N) is 2. The molecule has 0 radical (unpaired) electrons. The van der Waals surface area contributed by atoms with Gasteiger partial charge in [-0.1, -0.05) is 24.3 Å². The highest BCUT2D eigenvalue weighted by molar-refractivity contribution is 7.16. The van der Waals surface area contributed by atoms with Gasteiger partial charge in [-0.3, -0.25) is 15.4 Å². The van der Waals surface area contributed by atoms with Gasteiger partial charge in [0.25, 0.3) is 5.69 Å². The Balaban J connectivity index is 1.48. The van der Waals surface area contributed by atoms with E-state index >= 15 is 0 Å². The summed E-state index contributed by atoms with van der Waals surface area (Å²) in [6.45, 7) is 0. The number of fused-ring (bicyclic) bond motifs is 3. The third kappa shape index (κ3) is 3.14. The van der Waals surface area contributed by atoms with Crippen LogP contribution in [0.2, 0.25) is 0 Å². The molecule has 0 fully saturated rings. The SMILES string of the molecule is O=C(Nc1ccc([N+](=O)[O-])cc1)Nc1nc2c(s1)CCc1ccccc1-2. The van der Waals surface area contributed by atoms with Crippen LogP contribution in [-0.2, 0) is 12.8 Å². The zero-order valence-corrected chi connectivity index (χ0v) is 14.4. The third-order valence-electron chi connectivity index (χ3n) is 4.15. The summed E-state index contributed by atoms with van der Waals surface area (Å²) in [5.41, 5.74) is 3.77. The Morgan fingerprint density at radius 3 is 2.62 bits per heavy atom. The number of aromatic nitrogens is 1. The summed E-state index contributed by atoms with van der Waals surface area (Å²) < 4.78 is 0. The second-order valence-corrected chi connectivity index (χ2v) is 6.91. The van der Waals surface area contributed by atoms with Crippen LogP contribution in [0.5, 0.6) is 0 Å². The molecule has 1 heterocycles. The van der Waals surface area contributed by atoms with E-state index in [0.717, 1.165) is 29.0 Å². The number of benzene rings is 2. The lowest BCUT2D eigenvalue weighted by atomic mass is 9.94. The second kappa shape index (κ2) is 6.57. The van der Waals surface area contributed by atoms with E-state index in [-0.39, 0.29) is 5.69 Å². The molecule has 1 aromatic heterocycles. The van der Waals surface area contributed by atoms with E-state index in [0.29, 0.717) is 10.8 Å². The van der Waals surface area contributed by atoms with Crippen molar-refractivity contribution in [3.05, 3.63) is 69.1 Å². The van der Waals surface area contributed by atoms with Crippen molar-refractivity contribution in [2.45, 2.75) is 12.8 Å². The molecule has 2 amide bonds. The highest BCUT2D eigenvalue weighted by Crippen LogP contribution is 2.37. The summed E-state index contributed by atoms with van der Waals surface area (Å²) >= 11 is 1.47. The zero-order valence-electron chi connectivity index (χ0n) is 13.6. The summed E-state index contributed by atoms with van der Waals surface area (Å²) in [5, 5.41) is 16.6. The van der Waals surface area contributed by atoms with E-state index in [9.17, 15) is 14.9 Å². The highest BCUT2D eigenvalue weighted by Gasteiger charge is 2.21. The fourth-order valence-corrected chi connectivity index (χ4v) is 3.90. The maximum atomic E-state index is 12.2. The van der Waals surface area contributed by atoms with Gasteiger partial charge in [-0.25, -0.2) is 9.78 Å². The van der Waals surface area contributed by atoms with Crippen molar-refractivity contribution in [1.82, 2.24) is 4.98 Å². The van der Waals surface area contributed by atoms with Crippen molar-refractivity contribution in [3.8, 4) is 11.3 Å². The van der Waals surface area contributed by atoms with Gasteiger partial charge in [-0.15, -0.1) is 11.3 Å². The van der Waals surface area contributed by atoms with Crippen LogP contribution in [0, 0.1) is 10.1 Å². The molecule has 3 aromatic rings. The Labute approximate surface area is 152 Å². The van der Waals surface area contributed by atoms with Crippen LogP contribution in [0.3, 0.4) is 0 Å². The molecule has 7 nitrogen and oxygen atoms in total. The lowest BCUT2D eigenvalue weighted by Crippen LogP contribution is -2.19. The van der Waals surface area contributed by atoms with Crippen LogP contribution in [0.25, 0.3) is 11.3 Å². The third-order valence-corrected chi connectivity index (χ3v) is 5.18. The summed E-state index contributed by atoms with van der Waals surface area (Å²) in [6.07, 6.45) is 1.88. The standard InChI is InChI=1S/C18H14N4O3S/c23-17(19-12-6-8-13(9-7-12)22(24)25)21-18-20-16-14-4-2-1-3-11(14)5-10-15(16)26-18/h1-4,6-9H,5,10H2,(H2,19,20,21,23). The number of urea groups is 1. The number of carbonyl (C=O) groups is 1. The molecule has 26 heavy (non-hydrogen) atoms. The molecule has 1 aliphatic rings. The molecule has 130 valence electrons. The number of anilines is 2. The first-order valence-electron chi connectivity index (χ1n) is 8.00. The van der Waals surface area contributed by atoms with Crippen molar-refractivity contribution < 1.29 is 9.72 Å². The average Bonchev–Trinajstić information content (AvgIpc) is 3.05. The summed E-state index contributed by atoms with van der Waals surface area (Å²) in [6, 6.07) is 13.4. The van der Waals surface area contributed by atoms with Gasteiger partial charge in [0.2, 0.25) is 0 Å². The van der Waals surface area contributed by atoms with Gasteiger partial charge in [0.05, 0.1) is 10.6 Å². The fraction of sp³-hybridized carbons (Fsp3) is 0.111. The molecular weight excluding hydrogens is 352 g/mol. The first-order chi connectivity index (χ1) is 12.6. The van der Waals surface area contributed by atoms with Gasteiger partial charge in [0, 0.05) is 28.3 Å². The number of amides is 2. The van der Waals surface area contributed by atoms with E-state index in [2.05, 4.69) is 21.7 Å². The van der Waals surface area contributed by atoms with E-state index in [1.54, 1.807) is 0 Å². The number of nitro benzene ring substituents is 1. The number of nitro groups is 1. The Morgan fingerprint density at radius 1 is 1.08 bits per heavy atom. The summed E-state index contributed by atoms with van der Waals surface area (Å²) in [4.78, 5) is 28.1. The Kier molecular flexibility index (Phi) is 4.10. The molecule has 0 bridgehead atoms. The zero-order chi connectivity index (χ0) is 18.1. The topological polar surface area (TPSA) is 97.2 Å². The molecule has 0 atom stereocenters. The molecule has 1 aliphatic carbocycles. The van der Waals surface area contributed by atoms with Crippen molar-refractivity contribution in [3.63, 3.8) is 0 Å². The quantitative estimate of drug-likeness (QED) is 0.528. The van der Waals surface area contributed by atoms with Gasteiger partial charge in [-0.2, -0.15) is 0 Å². The van der Waals surface area contributed by atoms with Crippen LogP contribution in [0.4, 0.5) is 21.3 Å². The number of hydrogen-bond donors (Lipinski definition) is 2. The van der Waals surface area contributed by atoms with Crippen molar-refractivity contribution in [2.24, 2.45) is 0 Å². The maximum absolute atomic E-state index is 12.2. The second-order valence-electron chi connectivity index (χ2n) is 5.83. The van der Waals surface area contributed by atoms with Crippen molar-refractivity contribution in [1.29, 1.82) is 0 Å². The molecule has 0 saturated heterocycles. The van der Waals surface area contributed by atoms with Crippen LogP contribution < -0.4 is 10.6 Å².